The number of rotatable bonds is 7. The highest BCUT2D eigenvalue weighted by Crippen LogP contribution is 2.34. The molecule has 1 heterocycles. The van der Waals surface area contributed by atoms with Gasteiger partial charge in [-0.15, -0.1) is 0 Å². The lowest BCUT2D eigenvalue weighted by molar-refractivity contribution is -0.733. The van der Waals surface area contributed by atoms with Gasteiger partial charge in [-0.3, -0.25) is 4.79 Å². The summed E-state index contributed by atoms with van der Waals surface area (Å²) in [5.41, 5.74) is 2.38. The first-order valence-corrected chi connectivity index (χ1v) is 9.49. The van der Waals surface area contributed by atoms with Gasteiger partial charge in [0.25, 0.3) is 6.73 Å². The van der Waals surface area contributed by atoms with E-state index in [0.29, 0.717) is 17.7 Å². The lowest BCUT2D eigenvalue weighted by Gasteiger charge is -2.18. The molecule has 2 N–H and O–H groups in total. The van der Waals surface area contributed by atoms with Gasteiger partial charge in [0, 0.05) is 6.92 Å². The first-order valence-electron chi connectivity index (χ1n) is 9.49. The summed E-state index contributed by atoms with van der Waals surface area (Å²) in [6.07, 6.45) is 1.05. The Morgan fingerprint density at radius 1 is 1.17 bits per heavy atom. The summed E-state index contributed by atoms with van der Waals surface area (Å²) in [5, 5.41) is 19.6. The maximum absolute atomic E-state index is 12.4. The minimum Gasteiger partial charge on any atom is -0.502 e. The smallest absolute Gasteiger partial charge is 0.502 e. The predicted molar refractivity (Wildman–Crippen MR) is 106 cm³/mol. The van der Waals surface area contributed by atoms with E-state index >= 15 is 0 Å². The molecule has 2 rings (SSSR count). The molecule has 0 atom stereocenters. The van der Waals surface area contributed by atoms with E-state index in [1.165, 1.54) is 10.8 Å². The summed E-state index contributed by atoms with van der Waals surface area (Å²) >= 11 is 0. The number of para-hydroxylation sites is 1. The van der Waals surface area contributed by atoms with Crippen LogP contribution in [-0.2, 0) is 18.1 Å². The largest absolute Gasteiger partial charge is 0.518 e. The van der Waals surface area contributed by atoms with Crippen molar-refractivity contribution >= 4 is 12.4 Å². The van der Waals surface area contributed by atoms with E-state index in [4.69, 9.17) is 9.47 Å². The molecule has 1 aromatic heterocycles. The van der Waals surface area contributed by atoms with Crippen LogP contribution in [0.25, 0.3) is 0 Å². The number of pyridine rings is 1. The summed E-state index contributed by atoms with van der Waals surface area (Å²) in [5.74, 6) is 0.552. The van der Waals surface area contributed by atoms with Crippen LogP contribution in [0.3, 0.4) is 0 Å². The average molecular weight is 402 g/mol. The zero-order valence-electron chi connectivity index (χ0n) is 17.4. The maximum atomic E-state index is 12.4. The quantitative estimate of drug-likeness (QED) is 0.317. The Morgan fingerprint density at radius 3 is 2.24 bits per heavy atom. The molecule has 7 heteroatoms. The Kier molecular flexibility index (Phi) is 7.34. The van der Waals surface area contributed by atoms with Crippen molar-refractivity contribution in [2.24, 2.45) is 0 Å². The van der Waals surface area contributed by atoms with Gasteiger partial charge < -0.3 is 19.7 Å². The molecule has 0 radical (unpaired) electrons. The van der Waals surface area contributed by atoms with Gasteiger partial charge in [-0.2, -0.15) is 4.57 Å². The van der Waals surface area contributed by atoms with Gasteiger partial charge in [-0.25, -0.2) is 4.79 Å². The molecule has 2 aromatic rings. The number of carbonyl (C=O) groups excluding carboxylic acids is 2. The van der Waals surface area contributed by atoms with Crippen LogP contribution in [-0.4, -0.2) is 22.7 Å². The Balaban J connectivity index is 2.24. The SMILES string of the molecule is Cc1c(O)c(C=O)c(CO)c[n+]1COC(=O)Oc1c(C(C)C)cccc1C(C)C. The van der Waals surface area contributed by atoms with E-state index in [0.717, 1.165) is 11.1 Å². The van der Waals surface area contributed by atoms with Crippen LogP contribution in [0.5, 0.6) is 11.5 Å². The molecular formula is C22H28NO6+. The second kappa shape index (κ2) is 9.52. The molecule has 0 aliphatic heterocycles. The third-order valence-electron chi connectivity index (χ3n) is 4.80. The van der Waals surface area contributed by atoms with Gasteiger partial charge in [-0.1, -0.05) is 45.9 Å². The van der Waals surface area contributed by atoms with Crippen molar-refractivity contribution in [3.8, 4) is 11.5 Å². The molecule has 0 amide bonds. The molecule has 29 heavy (non-hydrogen) atoms. The van der Waals surface area contributed by atoms with Gasteiger partial charge in [0.15, 0.2) is 18.2 Å². The molecule has 0 aliphatic rings. The highest BCUT2D eigenvalue weighted by Gasteiger charge is 2.23. The standard InChI is InChI=1S/C22H27NO6/c1-13(2)17-7-6-8-18(14(3)4)21(17)29-22(27)28-12-23-9-16(10-24)19(11-25)20(26)15(23)5/h6-9,11,13-14,24H,10,12H2,1-5H3/p+1. The summed E-state index contributed by atoms with van der Waals surface area (Å²) in [6, 6.07) is 5.78. The van der Waals surface area contributed by atoms with E-state index in [1.54, 1.807) is 6.92 Å². The molecule has 0 aliphatic carbocycles. The summed E-state index contributed by atoms with van der Waals surface area (Å²) < 4.78 is 12.2. The lowest BCUT2D eigenvalue weighted by atomic mass is 9.94. The number of carbonyl (C=O) groups is 2. The zero-order valence-corrected chi connectivity index (χ0v) is 17.4. The summed E-state index contributed by atoms with van der Waals surface area (Å²) in [6.45, 7) is 8.96. The van der Waals surface area contributed by atoms with E-state index < -0.39 is 12.8 Å². The van der Waals surface area contributed by atoms with Gasteiger partial charge in [0.05, 0.1) is 17.7 Å². The van der Waals surface area contributed by atoms with E-state index in [1.807, 2.05) is 45.9 Å². The molecule has 156 valence electrons. The van der Waals surface area contributed by atoms with Crippen LogP contribution in [0.15, 0.2) is 24.4 Å². The third kappa shape index (κ3) is 4.92. The van der Waals surface area contributed by atoms with E-state index in [9.17, 15) is 19.8 Å². The highest BCUT2D eigenvalue weighted by atomic mass is 16.7. The fourth-order valence-corrected chi connectivity index (χ4v) is 3.06. The second-order valence-corrected chi connectivity index (χ2v) is 7.45. The minimum atomic E-state index is -0.878. The van der Waals surface area contributed by atoms with Crippen molar-refractivity contribution in [1.82, 2.24) is 0 Å². The Hall–Kier alpha value is -2.93. The predicted octanol–water partition coefficient (Wildman–Crippen LogP) is 3.71. The summed E-state index contributed by atoms with van der Waals surface area (Å²) in [4.78, 5) is 23.5. The number of aromatic nitrogens is 1. The molecular weight excluding hydrogens is 374 g/mol. The van der Waals surface area contributed by atoms with Crippen molar-refractivity contribution in [3.63, 3.8) is 0 Å². The monoisotopic (exact) mass is 402 g/mol. The molecule has 0 bridgehead atoms. The average Bonchev–Trinajstić information content (AvgIpc) is 2.68. The normalized spacial score (nSPS) is 11.0. The zero-order chi connectivity index (χ0) is 21.7. The van der Waals surface area contributed by atoms with Gasteiger partial charge in [0.1, 0.15) is 5.75 Å². The Labute approximate surface area is 170 Å². The van der Waals surface area contributed by atoms with Gasteiger partial charge >= 0.3 is 6.16 Å². The maximum Gasteiger partial charge on any atom is 0.518 e. The molecule has 7 nitrogen and oxygen atoms in total. The fourth-order valence-electron chi connectivity index (χ4n) is 3.06. The number of aliphatic hydroxyl groups excluding tert-OH is 1. The van der Waals surface area contributed by atoms with Crippen molar-refractivity contribution in [3.05, 3.63) is 52.3 Å². The number of hydrogen-bond acceptors (Lipinski definition) is 6. The number of ether oxygens (including phenoxy) is 2. The number of nitrogens with zero attached hydrogens (tertiary/aromatic N) is 1. The highest BCUT2D eigenvalue weighted by molar-refractivity contribution is 5.81. The van der Waals surface area contributed by atoms with Crippen LogP contribution in [0.4, 0.5) is 4.79 Å². The Bertz CT molecular complexity index is 878. The van der Waals surface area contributed by atoms with Crippen LogP contribution in [0, 0.1) is 6.92 Å². The number of benzene rings is 1. The minimum absolute atomic E-state index is 0.0104. The lowest BCUT2D eigenvalue weighted by Crippen LogP contribution is -2.40. The van der Waals surface area contributed by atoms with E-state index in [-0.39, 0.29) is 35.4 Å². The number of hydrogen-bond donors (Lipinski definition) is 2. The van der Waals surface area contributed by atoms with Crippen LogP contribution in [0.2, 0.25) is 0 Å². The van der Waals surface area contributed by atoms with Gasteiger partial charge in [-0.05, 0) is 23.0 Å². The fraction of sp³-hybridized carbons (Fsp3) is 0.409. The topological polar surface area (TPSA) is 96.9 Å². The molecule has 0 fully saturated rings. The number of aliphatic hydroxyl groups is 1. The molecule has 0 spiro atoms. The number of aldehydes is 1. The molecule has 1 aromatic carbocycles. The molecule has 0 saturated carbocycles. The second-order valence-electron chi connectivity index (χ2n) is 7.45. The van der Waals surface area contributed by atoms with Crippen molar-refractivity contribution in [2.45, 2.75) is 59.8 Å². The van der Waals surface area contributed by atoms with Crippen LogP contribution >= 0.6 is 0 Å². The Morgan fingerprint density at radius 2 is 1.76 bits per heavy atom. The van der Waals surface area contributed by atoms with Crippen molar-refractivity contribution < 1.29 is 33.8 Å². The molecule has 0 unspecified atom stereocenters. The first kappa shape index (κ1) is 22.4. The summed E-state index contributed by atoms with van der Waals surface area (Å²) in [7, 11) is 0. The van der Waals surface area contributed by atoms with Crippen molar-refractivity contribution in [1.29, 1.82) is 0 Å². The van der Waals surface area contributed by atoms with Crippen LogP contribution < -0.4 is 9.30 Å². The molecule has 0 saturated heterocycles. The van der Waals surface area contributed by atoms with E-state index in [2.05, 4.69) is 0 Å². The van der Waals surface area contributed by atoms with Crippen molar-refractivity contribution in [2.75, 3.05) is 0 Å². The number of aromatic hydroxyl groups is 1. The first-order chi connectivity index (χ1) is 13.7. The van der Waals surface area contributed by atoms with Gasteiger partial charge in [0.2, 0.25) is 5.69 Å². The third-order valence-corrected chi connectivity index (χ3v) is 4.80. The van der Waals surface area contributed by atoms with Crippen LogP contribution in [0.1, 0.15) is 72.3 Å².